The van der Waals surface area contributed by atoms with Gasteiger partial charge in [0.05, 0.1) is 7.11 Å². The highest BCUT2D eigenvalue weighted by atomic mass is 16.5. The van der Waals surface area contributed by atoms with Gasteiger partial charge in [-0.1, -0.05) is 6.07 Å². The molecule has 1 rings (SSSR count). The number of benzene rings is 1. The van der Waals surface area contributed by atoms with Crippen molar-refractivity contribution in [2.75, 3.05) is 12.4 Å². The van der Waals surface area contributed by atoms with E-state index >= 15 is 0 Å². The fraction of sp³-hybridized carbons (Fsp3) is 0.200. The summed E-state index contributed by atoms with van der Waals surface area (Å²) < 4.78 is 4.99. The first kappa shape index (κ1) is 11.8. The lowest BCUT2D eigenvalue weighted by Gasteiger charge is -2.08. The number of nitrogens with one attached hydrogen (secondary N) is 3. The normalized spacial score (nSPS) is 9.12. The van der Waals surface area contributed by atoms with Gasteiger partial charge in [-0.25, -0.2) is 10.2 Å². The number of carbonyl (C=O) groups excluding carboxylic acids is 2. The van der Waals surface area contributed by atoms with Gasteiger partial charge in [0.25, 0.3) is 0 Å². The van der Waals surface area contributed by atoms with Crippen LogP contribution in [0.2, 0.25) is 0 Å². The molecule has 0 atom stereocenters. The van der Waals surface area contributed by atoms with Crippen molar-refractivity contribution in [2.45, 2.75) is 6.92 Å². The molecule has 3 amide bonds. The number of carbonyl (C=O) groups is 2. The number of urea groups is 1. The van der Waals surface area contributed by atoms with Crippen molar-refractivity contribution in [1.82, 2.24) is 10.9 Å². The van der Waals surface area contributed by atoms with Crippen molar-refractivity contribution in [3.05, 3.63) is 24.3 Å². The van der Waals surface area contributed by atoms with Gasteiger partial charge in [0.1, 0.15) is 5.75 Å². The number of hydrogen-bond acceptors (Lipinski definition) is 3. The number of rotatable bonds is 2. The third-order valence-electron chi connectivity index (χ3n) is 1.68. The van der Waals surface area contributed by atoms with Crippen molar-refractivity contribution >= 4 is 17.6 Å². The minimum Gasteiger partial charge on any atom is -0.497 e. The molecule has 0 spiro atoms. The van der Waals surface area contributed by atoms with E-state index in [0.29, 0.717) is 11.4 Å². The summed E-state index contributed by atoms with van der Waals surface area (Å²) in [5.41, 5.74) is 4.91. The van der Waals surface area contributed by atoms with Crippen LogP contribution in [0.3, 0.4) is 0 Å². The predicted octanol–water partition coefficient (Wildman–Crippen LogP) is 0.868. The van der Waals surface area contributed by atoms with E-state index in [1.54, 1.807) is 24.3 Å². The summed E-state index contributed by atoms with van der Waals surface area (Å²) in [4.78, 5) is 21.8. The summed E-state index contributed by atoms with van der Waals surface area (Å²) in [5, 5.41) is 2.53. The minimum absolute atomic E-state index is 0.346. The monoisotopic (exact) mass is 223 g/mol. The first-order chi connectivity index (χ1) is 7.61. The van der Waals surface area contributed by atoms with Gasteiger partial charge in [-0.3, -0.25) is 10.2 Å². The van der Waals surface area contributed by atoms with Gasteiger partial charge in [0, 0.05) is 18.7 Å². The lowest BCUT2D eigenvalue weighted by Crippen LogP contribution is -2.42. The molecule has 0 aliphatic carbocycles. The first-order valence-electron chi connectivity index (χ1n) is 4.59. The Kier molecular flexibility index (Phi) is 4.14. The van der Waals surface area contributed by atoms with Gasteiger partial charge in [-0.05, 0) is 12.1 Å². The Morgan fingerprint density at radius 1 is 1.25 bits per heavy atom. The minimum atomic E-state index is -0.525. The highest BCUT2D eigenvalue weighted by Crippen LogP contribution is 2.16. The number of ether oxygens (including phenoxy) is 1. The Bertz CT molecular complexity index is 393. The molecule has 0 heterocycles. The fourth-order valence-corrected chi connectivity index (χ4v) is 1.01. The molecule has 16 heavy (non-hydrogen) atoms. The Morgan fingerprint density at radius 3 is 2.62 bits per heavy atom. The van der Waals surface area contributed by atoms with Crippen LogP contribution in [0.25, 0.3) is 0 Å². The summed E-state index contributed by atoms with van der Waals surface area (Å²) in [6, 6.07) is 6.34. The molecule has 0 saturated carbocycles. The van der Waals surface area contributed by atoms with Crippen molar-refractivity contribution in [1.29, 1.82) is 0 Å². The van der Waals surface area contributed by atoms with Crippen molar-refractivity contribution in [3.63, 3.8) is 0 Å². The van der Waals surface area contributed by atoms with Gasteiger partial charge in [0.2, 0.25) is 5.91 Å². The topological polar surface area (TPSA) is 79.5 Å². The molecule has 0 fully saturated rings. The standard InChI is InChI=1S/C10H13N3O3/c1-7(14)12-13-10(15)11-8-4-3-5-9(6-8)16-2/h3-6H,1-2H3,(H,12,14)(H2,11,13,15). The molecule has 1 aromatic carbocycles. The maximum Gasteiger partial charge on any atom is 0.337 e. The van der Waals surface area contributed by atoms with Crippen LogP contribution in [0, 0.1) is 0 Å². The third-order valence-corrected chi connectivity index (χ3v) is 1.68. The Morgan fingerprint density at radius 2 is 2.00 bits per heavy atom. The van der Waals surface area contributed by atoms with Crippen LogP contribution in [0.4, 0.5) is 10.5 Å². The van der Waals surface area contributed by atoms with Crippen LogP contribution in [0.1, 0.15) is 6.92 Å². The summed E-state index contributed by atoms with van der Waals surface area (Å²) in [6.07, 6.45) is 0. The fourth-order valence-electron chi connectivity index (χ4n) is 1.01. The van der Waals surface area contributed by atoms with Crippen molar-refractivity contribution in [3.8, 4) is 5.75 Å². The molecule has 6 heteroatoms. The average Bonchev–Trinajstić information content (AvgIpc) is 2.26. The van der Waals surface area contributed by atoms with Crippen LogP contribution in [0.15, 0.2) is 24.3 Å². The summed E-state index contributed by atoms with van der Waals surface area (Å²) in [5.74, 6) is 0.290. The van der Waals surface area contributed by atoms with Crippen LogP contribution in [0.5, 0.6) is 5.75 Å². The molecule has 0 bridgehead atoms. The summed E-state index contributed by atoms with van der Waals surface area (Å²) >= 11 is 0. The zero-order valence-electron chi connectivity index (χ0n) is 9.03. The molecule has 0 radical (unpaired) electrons. The van der Waals surface area contributed by atoms with Gasteiger partial charge < -0.3 is 10.1 Å². The second-order valence-corrected chi connectivity index (χ2v) is 2.99. The smallest absolute Gasteiger partial charge is 0.337 e. The average molecular weight is 223 g/mol. The van der Waals surface area contributed by atoms with Crippen LogP contribution in [-0.2, 0) is 4.79 Å². The Hall–Kier alpha value is -2.24. The zero-order chi connectivity index (χ0) is 12.0. The molecule has 86 valence electrons. The number of anilines is 1. The van der Waals surface area contributed by atoms with Gasteiger partial charge in [-0.15, -0.1) is 0 Å². The maximum atomic E-state index is 11.2. The van der Waals surface area contributed by atoms with Gasteiger partial charge in [0.15, 0.2) is 0 Å². The lowest BCUT2D eigenvalue weighted by atomic mass is 10.3. The van der Waals surface area contributed by atoms with E-state index in [2.05, 4.69) is 16.2 Å². The molecule has 0 unspecified atom stereocenters. The Labute approximate surface area is 92.9 Å². The molecule has 1 aromatic rings. The van der Waals surface area contributed by atoms with Gasteiger partial charge >= 0.3 is 6.03 Å². The molecule has 0 saturated heterocycles. The lowest BCUT2D eigenvalue weighted by molar-refractivity contribution is -0.119. The van der Waals surface area contributed by atoms with E-state index < -0.39 is 6.03 Å². The van der Waals surface area contributed by atoms with Crippen LogP contribution < -0.4 is 20.9 Å². The second-order valence-electron chi connectivity index (χ2n) is 2.99. The highest BCUT2D eigenvalue weighted by Gasteiger charge is 2.02. The zero-order valence-corrected chi connectivity index (χ0v) is 9.03. The number of hydrazine groups is 1. The quantitative estimate of drug-likeness (QED) is 0.651. The first-order valence-corrected chi connectivity index (χ1v) is 4.59. The Balaban J connectivity index is 2.52. The largest absolute Gasteiger partial charge is 0.497 e. The van der Waals surface area contributed by atoms with Crippen molar-refractivity contribution in [2.24, 2.45) is 0 Å². The summed E-state index contributed by atoms with van der Waals surface area (Å²) in [6.45, 7) is 1.30. The van der Waals surface area contributed by atoms with Gasteiger partial charge in [-0.2, -0.15) is 0 Å². The molecular formula is C10H13N3O3. The molecule has 6 nitrogen and oxygen atoms in total. The van der Waals surface area contributed by atoms with E-state index in [0.717, 1.165) is 0 Å². The number of hydrogen-bond donors (Lipinski definition) is 3. The summed E-state index contributed by atoms with van der Waals surface area (Å²) in [7, 11) is 1.54. The molecular weight excluding hydrogens is 210 g/mol. The molecule has 0 aliphatic heterocycles. The third kappa shape index (κ3) is 3.87. The SMILES string of the molecule is COc1cccc(NC(=O)NNC(C)=O)c1. The highest BCUT2D eigenvalue weighted by molar-refractivity contribution is 5.90. The van der Waals surface area contributed by atoms with E-state index in [4.69, 9.17) is 4.74 Å². The number of amides is 3. The molecule has 3 N–H and O–H groups in total. The number of methoxy groups -OCH3 is 1. The van der Waals surface area contributed by atoms with E-state index in [-0.39, 0.29) is 5.91 Å². The maximum absolute atomic E-state index is 11.2. The second kappa shape index (κ2) is 5.59. The van der Waals surface area contributed by atoms with Crippen molar-refractivity contribution < 1.29 is 14.3 Å². The molecule has 0 aromatic heterocycles. The van der Waals surface area contributed by atoms with E-state index in [1.807, 2.05) is 0 Å². The predicted molar refractivity (Wildman–Crippen MR) is 59.0 cm³/mol. The molecule has 0 aliphatic rings. The van der Waals surface area contributed by atoms with Crippen LogP contribution >= 0.6 is 0 Å². The van der Waals surface area contributed by atoms with Crippen LogP contribution in [-0.4, -0.2) is 19.0 Å². The van der Waals surface area contributed by atoms with E-state index in [9.17, 15) is 9.59 Å². The van der Waals surface area contributed by atoms with E-state index in [1.165, 1.54) is 14.0 Å².